The first kappa shape index (κ1) is 21.1. The number of ether oxygens (including phenoxy) is 2. The fraction of sp³-hybridized carbons (Fsp3) is 0.0800. The molecule has 6 rings (SSSR count). The summed E-state index contributed by atoms with van der Waals surface area (Å²) < 4.78 is 17.5. The first-order valence-electron chi connectivity index (χ1n) is 10.7. The minimum atomic E-state index is 0.335. The molecule has 172 valence electrons. The van der Waals surface area contributed by atoms with E-state index in [0.29, 0.717) is 41.1 Å². The van der Waals surface area contributed by atoms with Gasteiger partial charge in [-0.15, -0.1) is 5.10 Å². The highest BCUT2D eigenvalue weighted by Crippen LogP contribution is 2.24. The lowest BCUT2D eigenvalue weighted by Gasteiger charge is -2.09. The molecule has 0 atom stereocenters. The van der Waals surface area contributed by atoms with E-state index in [9.17, 15) is 0 Å². The third-order valence-electron chi connectivity index (χ3n) is 5.33. The van der Waals surface area contributed by atoms with Gasteiger partial charge in [-0.25, -0.2) is 15.1 Å². The standard InChI is InChI=1S/C25H17ClN6O3/c26-17-4-2-16-3-5-18(27-22(16)12-17)14-34-20-8-6-19(7-9-20)33-13-15-1-10-21-23(11-15)35-25(28-21)24-29-31-32-30-24/h1-12H,13-14H2,(H,29,30,31,32). The third kappa shape index (κ3) is 4.62. The molecule has 0 spiro atoms. The Kier molecular flexibility index (Phi) is 5.44. The Hall–Kier alpha value is -4.50. The van der Waals surface area contributed by atoms with Crippen LogP contribution < -0.4 is 9.47 Å². The van der Waals surface area contributed by atoms with Gasteiger partial charge < -0.3 is 13.9 Å². The van der Waals surface area contributed by atoms with Crippen LogP contribution >= 0.6 is 11.6 Å². The number of rotatable bonds is 7. The molecule has 3 heterocycles. The number of benzene rings is 3. The summed E-state index contributed by atoms with van der Waals surface area (Å²) in [6, 6.07) is 22.8. The number of aromatic nitrogens is 6. The summed E-state index contributed by atoms with van der Waals surface area (Å²) in [5.41, 5.74) is 3.96. The number of halogens is 1. The summed E-state index contributed by atoms with van der Waals surface area (Å²) in [5.74, 6) is 2.16. The fourth-order valence-corrected chi connectivity index (χ4v) is 3.75. The van der Waals surface area contributed by atoms with Crippen molar-refractivity contribution < 1.29 is 13.9 Å². The van der Waals surface area contributed by atoms with Crippen molar-refractivity contribution >= 4 is 33.6 Å². The van der Waals surface area contributed by atoms with Crippen LogP contribution in [0.5, 0.6) is 11.5 Å². The molecule has 9 nitrogen and oxygen atoms in total. The lowest BCUT2D eigenvalue weighted by atomic mass is 10.2. The van der Waals surface area contributed by atoms with Crippen LogP contribution in [0.2, 0.25) is 5.02 Å². The topological polar surface area (TPSA) is 112 Å². The summed E-state index contributed by atoms with van der Waals surface area (Å²) in [5, 5.41) is 15.2. The summed E-state index contributed by atoms with van der Waals surface area (Å²) in [4.78, 5) is 8.99. The molecule has 3 aromatic heterocycles. The van der Waals surface area contributed by atoms with Gasteiger partial charge in [0.15, 0.2) is 5.58 Å². The molecule has 0 unspecified atom stereocenters. The van der Waals surface area contributed by atoms with Crippen molar-refractivity contribution in [3.05, 3.63) is 89.1 Å². The van der Waals surface area contributed by atoms with Crippen molar-refractivity contribution in [1.82, 2.24) is 30.6 Å². The van der Waals surface area contributed by atoms with Gasteiger partial charge in [0, 0.05) is 10.4 Å². The Bertz CT molecular complexity index is 1620. The van der Waals surface area contributed by atoms with Crippen molar-refractivity contribution in [2.45, 2.75) is 13.2 Å². The number of pyridine rings is 1. The van der Waals surface area contributed by atoms with Crippen LogP contribution in [0.4, 0.5) is 0 Å². The third-order valence-corrected chi connectivity index (χ3v) is 5.56. The molecule has 10 heteroatoms. The van der Waals surface area contributed by atoms with Crippen LogP contribution in [0.1, 0.15) is 11.3 Å². The van der Waals surface area contributed by atoms with E-state index < -0.39 is 0 Å². The lowest BCUT2D eigenvalue weighted by Crippen LogP contribution is -1.99. The number of oxazole rings is 1. The van der Waals surface area contributed by atoms with E-state index in [2.05, 4.69) is 30.6 Å². The average molecular weight is 485 g/mol. The molecular weight excluding hydrogens is 468 g/mol. The average Bonchev–Trinajstić information content (AvgIpc) is 3.56. The van der Waals surface area contributed by atoms with Gasteiger partial charge in [0.1, 0.15) is 30.2 Å². The van der Waals surface area contributed by atoms with E-state index in [1.807, 2.05) is 72.8 Å². The van der Waals surface area contributed by atoms with Crippen molar-refractivity contribution in [1.29, 1.82) is 0 Å². The zero-order valence-corrected chi connectivity index (χ0v) is 18.9. The molecule has 0 fully saturated rings. The molecule has 0 amide bonds. The molecule has 0 radical (unpaired) electrons. The van der Waals surface area contributed by atoms with Crippen LogP contribution in [0.25, 0.3) is 33.7 Å². The maximum absolute atomic E-state index is 6.07. The highest BCUT2D eigenvalue weighted by molar-refractivity contribution is 6.31. The molecule has 0 bridgehead atoms. The Morgan fingerprint density at radius 3 is 2.40 bits per heavy atom. The number of fused-ring (bicyclic) bond motifs is 2. The lowest BCUT2D eigenvalue weighted by molar-refractivity contribution is 0.295. The normalized spacial score (nSPS) is 11.2. The minimum Gasteiger partial charge on any atom is -0.489 e. The monoisotopic (exact) mass is 484 g/mol. The van der Waals surface area contributed by atoms with Crippen molar-refractivity contribution in [2.24, 2.45) is 0 Å². The Labute approximate surface area is 203 Å². The molecule has 3 aromatic carbocycles. The Balaban J connectivity index is 1.07. The van der Waals surface area contributed by atoms with Crippen molar-refractivity contribution in [2.75, 3.05) is 0 Å². The number of aromatic amines is 1. The SMILES string of the molecule is Clc1ccc2ccc(COc3ccc(OCc4ccc5nc(-c6nnn[nH]6)oc5c4)cc3)nc2c1. The van der Waals surface area contributed by atoms with Crippen molar-refractivity contribution in [3.8, 4) is 23.2 Å². The quantitative estimate of drug-likeness (QED) is 0.322. The number of hydrogen-bond acceptors (Lipinski definition) is 8. The maximum Gasteiger partial charge on any atom is 0.267 e. The number of hydrogen-bond donors (Lipinski definition) is 1. The second-order valence-electron chi connectivity index (χ2n) is 7.76. The van der Waals surface area contributed by atoms with E-state index in [1.54, 1.807) is 0 Å². The number of H-pyrrole nitrogens is 1. The first-order chi connectivity index (χ1) is 17.2. The predicted octanol–water partition coefficient (Wildman–Crippen LogP) is 5.37. The van der Waals surface area contributed by atoms with Crippen LogP contribution in [0.15, 0.2) is 77.2 Å². The van der Waals surface area contributed by atoms with Gasteiger partial charge in [0.25, 0.3) is 5.89 Å². The Morgan fingerprint density at radius 1 is 0.800 bits per heavy atom. The van der Waals surface area contributed by atoms with E-state index in [1.165, 1.54) is 0 Å². The molecule has 1 N–H and O–H groups in total. The van der Waals surface area contributed by atoms with Gasteiger partial charge in [-0.1, -0.05) is 29.8 Å². The summed E-state index contributed by atoms with van der Waals surface area (Å²) in [6.07, 6.45) is 0. The summed E-state index contributed by atoms with van der Waals surface area (Å²) in [7, 11) is 0. The van der Waals surface area contributed by atoms with E-state index in [4.69, 9.17) is 25.5 Å². The number of tetrazole rings is 1. The van der Waals surface area contributed by atoms with Gasteiger partial charge in [-0.3, -0.25) is 0 Å². The van der Waals surface area contributed by atoms with Crippen molar-refractivity contribution in [3.63, 3.8) is 0 Å². The minimum absolute atomic E-state index is 0.335. The molecule has 0 saturated carbocycles. The van der Waals surface area contributed by atoms with E-state index in [-0.39, 0.29) is 0 Å². The zero-order valence-electron chi connectivity index (χ0n) is 18.2. The molecule has 0 saturated heterocycles. The van der Waals surface area contributed by atoms with Crippen LogP contribution in [0, 0.1) is 0 Å². The van der Waals surface area contributed by atoms with Gasteiger partial charge in [-0.2, -0.15) is 0 Å². The molecule has 0 aliphatic heterocycles. The van der Waals surface area contributed by atoms with Gasteiger partial charge in [-0.05, 0) is 70.6 Å². The zero-order chi connectivity index (χ0) is 23.6. The molecule has 0 aliphatic rings. The molecule has 0 aliphatic carbocycles. The van der Waals surface area contributed by atoms with Gasteiger partial charge in [0.05, 0.1) is 11.2 Å². The molecular formula is C25H17ClN6O3. The van der Waals surface area contributed by atoms with Gasteiger partial charge >= 0.3 is 0 Å². The van der Waals surface area contributed by atoms with Crippen LogP contribution in [-0.4, -0.2) is 30.6 Å². The maximum atomic E-state index is 6.07. The second kappa shape index (κ2) is 9.03. The molecule has 6 aromatic rings. The largest absolute Gasteiger partial charge is 0.489 e. The van der Waals surface area contributed by atoms with E-state index >= 15 is 0 Å². The predicted molar refractivity (Wildman–Crippen MR) is 129 cm³/mol. The van der Waals surface area contributed by atoms with Gasteiger partial charge in [0.2, 0.25) is 5.82 Å². The number of nitrogens with one attached hydrogen (secondary N) is 1. The first-order valence-corrected chi connectivity index (χ1v) is 11.1. The molecule has 35 heavy (non-hydrogen) atoms. The summed E-state index contributed by atoms with van der Waals surface area (Å²) >= 11 is 6.07. The van der Waals surface area contributed by atoms with E-state index in [0.717, 1.165) is 33.7 Å². The number of nitrogens with zero attached hydrogens (tertiary/aromatic N) is 5. The highest BCUT2D eigenvalue weighted by atomic mass is 35.5. The summed E-state index contributed by atoms with van der Waals surface area (Å²) in [6.45, 7) is 0.728. The Morgan fingerprint density at radius 2 is 1.60 bits per heavy atom. The second-order valence-corrected chi connectivity index (χ2v) is 8.20. The highest BCUT2D eigenvalue weighted by Gasteiger charge is 2.12. The van der Waals surface area contributed by atoms with Crippen LogP contribution in [-0.2, 0) is 13.2 Å². The fourth-order valence-electron chi connectivity index (χ4n) is 3.58. The smallest absolute Gasteiger partial charge is 0.267 e. The van der Waals surface area contributed by atoms with Crippen LogP contribution in [0.3, 0.4) is 0 Å².